The number of fused-ring (bicyclic) bond motifs is 2. The van der Waals surface area contributed by atoms with E-state index in [1.54, 1.807) is 22.6 Å². The SMILES string of the molecule is O=S(=O)(c1cccnc1N1CCOC2(CCc3ccccc32)C1)N1CCCCC1. The summed E-state index contributed by atoms with van der Waals surface area (Å²) in [6.45, 7) is 3.02. The van der Waals surface area contributed by atoms with Crippen molar-refractivity contribution in [3.05, 3.63) is 53.7 Å². The fourth-order valence-corrected chi connectivity index (χ4v) is 6.68. The number of ether oxygens (including phenoxy) is 1. The molecule has 0 radical (unpaired) electrons. The van der Waals surface area contributed by atoms with Crippen molar-refractivity contribution in [2.45, 2.75) is 42.6 Å². The highest BCUT2D eigenvalue weighted by Crippen LogP contribution is 2.43. The number of piperidine rings is 1. The van der Waals surface area contributed by atoms with Crippen molar-refractivity contribution in [1.29, 1.82) is 0 Å². The van der Waals surface area contributed by atoms with Gasteiger partial charge >= 0.3 is 0 Å². The lowest BCUT2D eigenvalue weighted by Gasteiger charge is -2.42. The van der Waals surface area contributed by atoms with Crippen LogP contribution in [0.15, 0.2) is 47.5 Å². The molecule has 0 N–H and O–H groups in total. The summed E-state index contributed by atoms with van der Waals surface area (Å²) >= 11 is 0. The first-order chi connectivity index (χ1) is 14.1. The Kier molecular flexibility index (Phi) is 4.84. The standard InChI is InChI=1S/C22H27N3O3S/c26-29(27,25-13-4-1-5-14-25)20-9-6-12-23-21(20)24-15-16-28-22(17-24)11-10-18-7-2-3-8-19(18)22/h2-3,6-9,12H,1,4-5,10-11,13-17H2. The van der Waals surface area contributed by atoms with Crippen LogP contribution in [0.4, 0.5) is 5.82 Å². The molecule has 6 nitrogen and oxygen atoms in total. The van der Waals surface area contributed by atoms with E-state index in [2.05, 4.69) is 34.1 Å². The Hall–Kier alpha value is -1.96. The van der Waals surface area contributed by atoms with Gasteiger partial charge in [0.15, 0.2) is 0 Å². The maximum Gasteiger partial charge on any atom is 0.246 e. The molecule has 3 heterocycles. The number of sulfonamides is 1. The number of anilines is 1. The van der Waals surface area contributed by atoms with E-state index in [0.717, 1.165) is 32.1 Å². The number of rotatable bonds is 3. The van der Waals surface area contributed by atoms with Gasteiger partial charge in [0.1, 0.15) is 16.3 Å². The Morgan fingerprint density at radius 1 is 1.00 bits per heavy atom. The van der Waals surface area contributed by atoms with Crippen molar-refractivity contribution < 1.29 is 13.2 Å². The van der Waals surface area contributed by atoms with Gasteiger partial charge in [-0.05, 0) is 48.9 Å². The van der Waals surface area contributed by atoms with Crippen molar-refractivity contribution in [3.63, 3.8) is 0 Å². The number of hydrogen-bond acceptors (Lipinski definition) is 5. The van der Waals surface area contributed by atoms with Crippen LogP contribution in [0, 0.1) is 0 Å². The van der Waals surface area contributed by atoms with Crippen LogP contribution in [0.3, 0.4) is 0 Å². The summed E-state index contributed by atoms with van der Waals surface area (Å²) in [6, 6.07) is 11.9. The van der Waals surface area contributed by atoms with Gasteiger partial charge in [-0.2, -0.15) is 4.31 Å². The number of aromatic nitrogens is 1. The molecule has 1 unspecified atom stereocenters. The zero-order valence-electron chi connectivity index (χ0n) is 16.6. The average Bonchev–Trinajstić information content (AvgIpc) is 3.12. The van der Waals surface area contributed by atoms with Gasteiger partial charge in [-0.3, -0.25) is 0 Å². The van der Waals surface area contributed by atoms with E-state index in [-0.39, 0.29) is 5.60 Å². The monoisotopic (exact) mass is 413 g/mol. The van der Waals surface area contributed by atoms with Gasteiger partial charge in [0.25, 0.3) is 0 Å². The van der Waals surface area contributed by atoms with E-state index in [1.165, 1.54) is 11.1 Å². The van der Waals surface area contributed by atoms with Gasteiger partial charge < -0.3 is 9.64 Å². The summed E-state index contributed by atoms with van der Waals surface area (Å²) in [5.41, 5.74) is 2.19. The lowest BCUT2D eigenvalue weighted by Crippen LogP contribution is -2.49. The first kappa shape index (κ1) is 19.0. The van der Waals surface area contributed by atoms with Crippen molar-refractivity contribution in [2.75, 3.05) is 37.7 Å². The molecule has 5 rings (SSSR count). The fourth-order valence-electron chi connectivity index (χ4n) is 5.00. The maximum atomic E-state index is 13.4. The van der Waals surface area contributed by atoms with Crippen molar-refractivity contribution in [2.24, 2.45) is 0 Å². The molecule has 2 aliphatic heterocycles. The number of nitrogens with zero attached hydrogens (tertiary/aromatic N) is 3. The lowest BCUT2D eigenvalue weighted by molar-refractivity contribution is -0.0595. The van der Waals surface area contributed by atoms with Gasteiger partial charge in [0.2, 0.25) is 10.0 Å². The topological polar surface area (TPSA) is 62.7 Å². The fraction of sp³-hybridized carbons (Fsp3) is 0.500. The molecule has 1 atom stereocenters. The summed E-state index contributed by atoms with van der Waals surface area (Å²) in [6.07, 6.45) is 6.54. The molecule has 1 aromatic heterocycles. The van der Waals surface area contributed by atoms with Crippen LogP contribution in [0.1, 0.15) is 36.8 Å². The number of pyridine rings is 1. The third-order valence-electron chi connectivity index (χ3n) is 6.48. The van der Waals surface area contributed by atoms with Gasteiger partial charge in [0.05, 0.1) is 13.2 Å². The summed E-state index contributed by atoms with van der Waals surface area (Å²) in [4.78, 5) is 6.98. The molecule has 1 spiro atoms. The smallest absolute Gasteiger partial charge is 0.246 e. The summed E-state index contributed by atoms with van der Waals surface area (Å²) < 4.78 is 34.7. The highest BCUT2D eigenvalue weighted by molar-refractivity contribution is 7.89. The number of benzene rings is 1. The number of aryl methyl sites for hydroxylation is 1. The van der Waals surface area contributed by atoms with Gasteiger partial charge in [-0.25, -0.2) is 13.4 Å². The van der Waals surface area contributed by atoms with E-state index >= 15 is 0 Å². The van der Waals surface area contributed by atoms with E-state index < -0.39 is 10.0 Å². The van der Waals surface area contributed by atoms with E-state index in [9.17, 15) is 8.42 Å². The highest BCUT2D eigenvalue weighted by Gasteiger charge is 2.44. The molecule has 2 saturated heterocycles. The Bertz CT molecular complexity index is 1000. The van der Waals surface area contributed by atoms with E-state index in [0.29, 0.717) is 43.5 Å². The third-order valence-corrected chi connectivity index (χ3v) is 8.39. The summed E-state index contributed by atoms with van der Waals surface area (Å²) in [5.74, 6) is 0.560. The zero-order chi connectivity index (χ0) is 19.9. The van der Waals surface area contributed by atoms with Crippen LogP contribution in [0.5, 0.6) is 0 Å². The van der Waals surface area contributed by atoms with Crippen LogP contribution in [-0.2, 0) is 26.8 Å². The predicted molar refractivity (Wildman–Crippen MR) is 111 cm³/mol. The molecule has 3 aliphatic rings. The minimum absolute atomic E-state index is 0.324. The van der Waals surface area contributed by atoms with Gasteiger partial charge in [0, 0.05) is 25.8 Å². The van der Waals surface area contributed by atoms with Crippen LogP contribution in [-0.4, -0.2) is 50.5 Å². The molecule has 154 valence electrons. The third kappa shape index (κ3) is 3.25. The van der Waals surface area contributed by atoms with Crippen LogP contribution in [0.25, 0.3) is 0 Å². The molecule has 2 aromatic rings. The maximum absolute atomic E-state index is 13.4. The minimum Gasteiger partial charge on any atom is -0.367 e. The number of morpholine rings is 1. The van der Waals surface area contributed by atoms with Crippen molar-refractivity contribution in [1.82, 2.24) is 9.29 Å². The second-order valence-corrected chi connectivity index (χ2v) is 10.1. The molecule has 0 bridgehead atoms. The molecule has 1 aromatic carbocycles. The summed E-state index contributed by atoms with van der Waals surface area (Å²) in [7, 11) is -3.55. The predicted octanol–water partition coefficient (Wildman–Crippen LogP) is 2.93. The molecule has 29 heavy (non-hydrogen) atoms. The lowest BCUT2D eigenvalue weighted by atomic mass is 9.93. The van der Waals surface area contributed by atoms with Crippen LogP contribution >= 0.6 is 0 Å². The number of hydrogen-bond donors (Lipinski definition) is 0. The summed E-state index contributed by atoms with van der Waals surface area (Å²) in [5, 5.41) is 0. The Morgan fingerprint density at radius 3 is 2.69 bits per heavy atom. The molecule has 7 heteroatoms. The molecular formula is C22H27N3O3S. The second-order valence-electron chi connectivity index (χ2n) is 8.21. The molecule has 0 saturated carbocycles. The first-order valence-corrected chi connectivity index (χ1v) is 12.0. The minimum atomic E-state index is -3.55. The largest absolute Gasteiger partial charge is 0.367 e. The molecular weight excluding hydrogens is 386 g/mol. The van der Waals surface area contributed by atoms with E-state index in [1.807, 2.05) is 0 Å². The van der Waals surface area contributed by atoms with Crippen LogP contribution in [0.2, 0.25) is 0 Å². The highest BCUT2D eigenvalue weighted by atomic mass is 32.2. The van der Waals surface area contributed by atoms with E-state index in [4.69, 9.17) is 4.74 Å². The average molecular weight is 414 g/mol. The second kappa shape index (κ2) is 7.38. The zero-order valence-corrected chi connectivity index (χ0v) is 17.4. The van der Waals surface area contributed by atoms with Crippen molar-refractivity contribution in [3.8, 4) is 0 Å². The Labute approximate surface area is 172 Å². The quantitative estimate of drug-likeness (QED) is 0.774. The Balaban J connectivity index is 1.49. The van der Waals surface area contributed by atoms with Gasteiger partial charge in [-0.15, -0.1) is 0 Å². The van der Waals surface area contributed by atoms with Crippen molar-refractivity contribution >= 4 is 15.8 Å². The normalized spacial score (nSPS) is 25.3. The molecule has 1 aliphatic carbocycles. The van der Waals surface area contributed by atoms with Crippen LogP contribution < -0.4 is 4.90 Å². The first-order valence-electron chi connectivity index (χ1n) is 10.5. The van der Waals surface area contributed by atoms with Gasteiger partial charge in [-0.1, -0.05) is 30.7 Å². The molecule has 2 fully saturated rings. The Morgan fingerprint density at radius 2 is 1.83 bits per heavy atom. The molecule has 0 amide bonds.